The number of hydrogen-bond donors (Lipinski definition) is 1. The van der Waals surface area contributed by atoms with Gasteiger partial charge in [-0.2, -0.15) is 5.10 Å². The van der Waals surface area contributed by atoms with Crippen LogP contribution in [-0.4, -0.2) is 68.0 Å². The number of likely N-dealkylation sites (tertiary alicyclic amines) is 1. The molecule has 1 saturated heterocycles. The highest BCUT2D eigenvalue weighted by Crippen LogP contribution is 2.35. The Kier molecular flexibility index (Phi) is 6.10. The largest absolute Gasteiger partial charge is 0.396 e. The molecule has 33 heavy (non-hydrogen) atoms. The van der Waals surface area contributed by atoms with Crippen LogP contribution in [0.1, 0.15) is 37.6 Å². The summed E-state index contributed by atoms with van der Waals surface area (Å²) in [6.07, 6.45) is 8.33. The van der Waals surface area contributed by atoms with E-state index in [0.717, 1.165) is 68.6 Å². The van der Waals surface area contributed by atoms with Gasteiger partial charge in [-0.1, -0.05) is 0 Å². The molecule has 0 aliphatic carbocycles. The van der Waals surface area contributed by atoms with E-state index in [2.05, 4.69) is 40.7 Å². The number of aliphatic hydroxyl groups is 1. The van der Waals surface area contributed by atoms with E-state index in [1.165, 1.54) is 11.3 Å². The Morgan fingerprint density at radius 3 is 2.76 bits per heavy atom. The van der Waals surface area contributed by atoms with Crippen LogP contribution in [0.25, 0.3) is 11.0 Å². The molecule has 3 aromatic rings. The molecule has 8 heteroatoms. The number of amides is 1. The molecule has 2 aromatic heterocycles. The number of aromatic nitrogens is 4. The fourth-order valence-corrected chi connectivity index (χ4v) is 5.26. The molecule has 8 nitrogen and oxygen atoms in total. The van der Waals surface area contributed by atoms with E-state index in [4.69, 9.17) is 4.98 Å². The number of benzene rings is 1. The van der Waals surface area contributed by atoms with Gasteiger partial charge in [-0.15, -0.1) is 0 Å². The summed E-state index contributed by atoms with van der Waals surface area (Å²) in [5.74, 6) is 1.39. The molecule has 2 aliphatic rings. The Morgan fingerprint density at radius 2 is 2.03 bits per heavy atom. The first-order chi connectivity index (χ1) is 16.0. The number of anilines is 1. The zero-order valence-electron chi connectivity index (χ0n) is 19.7. The number of aliphatic hydroxyl groups excluding tert-OH is 1. The molecule has 0 bridgehead atoms. The first-order valence-electron chi connectivity index (χ1n) is 12.1. The second kappa shape index (κ2) is 9.17. The van der Waals surface area contributed by atoms with E-state index in [-0.39, 0.29) is 12.5 Å². The van der Waals surface area contributed by atoms with Gasteiger partial charge in [0.05, 0.1) is 11.0 Å². The molecule has 176 valence electrons. The molecule has 1 N–H and O–H groups in total. The van der Waals surface area contributed by atoms with Gasteiger partial charge < -0.3 is 19.5 Å². The van der Waals surface area contributed by atoms with E-state index in [1.54, 1.807) is 6.20 Å². The van der Waals surface area contributed by atoms with Crippen molar-refractivity contribution in [3.8, 4) is 0 Å². The van der Waals surface area contributed by atoms with Crippen LogP contribution in [0.2, 0.25) is 0 Å². The van der Waals surface area contributed by atoms with E-state index in [0.29, 0.717) is 18.5 Å². The number of carbonyl (C=O) groups is 1. The predicted octanol–water partition coefficient (Wildman–Crippen LogP) is 2.48. The normalized spacial score (nSPS) is 19.3. The number of nitrogens with zero attached hydrogens (tertiary/aromatic N) is 6. The van der Waals surface area contributed by atoms with Crippen LogP contribution in [0.15, 0.2) is 30.6 Å². The van der Waals surface area contributed by atoms with Gasteiger partial charge in [0, 0.05) is 69.4 Å². The third-order valence-electron chi connectivity index (χ3n) is 7.58. The molecule has 2 aliphatic heterocycles. The third kappa shape index (κ3) is 4.24. The molecule has 1 amide bonds. The van der Waals surface area contributed by atoms with Crippen molar-refractivity contribution in [1.82, 2.24) is 24.2 Å². The smallest absolute Gasteiger partial charge is 0.242 e. The highest BCUT2D eigenvalue weighted by Gasteiger charge is 2.27. The summed E-state index contributed by atoms with van der Waals surface area (Å²) in [4.78, 5) is 22.7. The fraction of sp³-hybridized carbons (Fsp3) is 0.560. The number of aryl methyl sites for hydroxylation is 3. The Balaban J connectivity index is 1.47. The molecule has 0 spiro atoms. The Labute approximate surface area is 194 Å². The van der Waals surface area contributed by atoms with Crippen molar-refractivity contribution in [3.05, 3.63) is 42.0 Å². The first-order valence-corrected chi connectivity index (χ1v) is 12.1. The van der Waals surface area contributed by atoms with Gasteiger partial charge in [0.25, 0.3) is 0 Å². The van der Waals surface area contributed by atoms with Crippen LogP contribution < -0.4 is 4.90 Å². The van der Waals surface area contributed by atoms with E-state index in [9.17, 15) is 9.90 Å². The quantitative estimate of drug-likeness (QED) is 0.624. The van der Waals surface area contributed by atoms with Crippen LogP contribution in [0.3, 0.4) is 0 Å². The Bertz CT molecular complexity index is 1110. The zero-order valence-corrected chi connectivity index (χ0v) is 19.7. The minimum absolute atomic E-state index is 0.134. The first kappa shape index (κ1) is 21.9. The van der Waals surface area contributed by atoms with Crippen molar-refractivity contribution in [2.45, 2.75) is 58.2 Å². The van der Waals surface area contributed by atoms with Gasteiger partial charge in [-0.3, -0.25) is 9.48 Å². The van der Waals surface area contributed by atoms with Crippen LogP contribution in [0, 0.1) is 5.92 Å². The topological polar surface area (TPSA) is 79.4 Å². The number of piperidine rings is 1. The van der Waals surface area contributed by atoms with Crippen LogP contribution in [0.5, 0.6) is 0 Å². The molecule has 4 heterocycles. The minimum atomic E-state index is 0.134. The maximum Gasteiger partial charge on any atom is 0.242 e. The van der Waals surface area contributed by atoms with Crippen LogP contribution in [0.4, 0.5) is 5.69 Å². The lowest BCUT2D eigenvalue weighted by atomic mass is 9.96. The molecular weight excluding hydrogens is 416 g/mol. The highest BCUT2D eigenvalue weighted by atomic mass is 16.3. The van der Waals surface area contributed by atoms with Crippen molar-refractivity contribution in [1.29, 1.82) is 0 Å². The molecular formula is C25H34N6O2. The summed E-state index contributed by atoms with van der Waals surface area (Å²) in [6, 6.07) is 6.77. The summed E-state index contributed by atoms with van der Waals surface area (Å²) in [5, 5.41) is 13.8. The number of imidazole rings is 1. The van der Waals surface area contributed by atoms with Gasteiger partial charge in [0.1, 0.15) is 12.4 Å². The molecule has 1 atom stereocenters. The summed E-state index contributed by atoms with van der Waals surface area (Å²) in [7, 11) is 2.16. The van der Waals surface area contributed by atoms with E-state index in [1.807, 2.05) is 21.8 Å². The van der Waals surface area contributed by atoms with Crippen molar-refractivity contribution >= 4 is 22.6 Å². The van der Waals surface area contributed by atoms with Crippen LogP contribution in [-0.2, 0) is 30.7 Å². The standard InChI is InChI=1S/C25H34N6O2/c1-18-4-5-20-21(28(18)2)6-7-22-25(20)27-23(10-15-30-12-3-11-26-30)31(22)16-24(33)29-13-8-19(17-32)9-14-29/h3,6-7,11-12,18-19,32H,4-5,8-10,13-17H2,1-2H3. The lowest BCUT2D eigenvalue weighted by molar-refractivity contribution is -0.133. The minimum Gasteiger partial charge on any atom is -0.396 e. The third-order valence-corrected chi connectivity index (χ3v) is 7.58. The number of fused-ring (bicyclic) bond motifs is 3. The molecule has 0 saturated carbocycles. The monoisotopic (exact) mass is 450 g/mol. The van der Waals surface area contributed by atoms with Gasteiger partial charge in [-0.05, 0) is 56.7 Å². The van der Waals surface area contributed by atoms with Gasteiger partial charge >= 0.3 is 0 Å². The van der Waals surface area contributed by atoms with Crippen molar-refractivity contribution < 1.29 is 9.90 Å². The summed E-state index contributed by atoms with van der Waals surface area (Å²) >= 11 is 0. The number of hydrogen-bond acceptors (Lipinski definition) is 5. The molecule has 0 radical (unpaired) electrons. The predicted molar refractivity (Wildman–Crippen MR) is 128 cm³/mol. The fourth-order valence-electron chi connectivity index (χ4n) is 5.26. The Hall–Kier alpha value is -2.87. The lowest BCUT2D eigenvalue weighted by Crippen LogP contribution is -2.41. The lowest BCUT2D eigenvalue weighted by Gasteiger charge is -2.34. The van der Waals surface area contributed by atoms with Crippen LogP contribution >= 0.6 is 0 Å². The zero-order chi connectivity index (χ0) is 22.9. The van der Waals surface area contributed by atoms with E-state index >= 15 is 0 Å². The number of rotatable bonds is 6. The van der Waals surface area contributed by atoms with Crippen molar-refractivity contribution in [2.24, 2.45) is 5.92 Å². The maximum atomic E-state index is 13.3. The second-order valence-corrected chi connectivity index (χ2v) is 9.57. The second-order valence-electron chi connectivity index (χ2n) is 9.57. The maximum absolute atomic E-state index is 13.3. The summed E-state index contributed by atoms with van der Waals surface area (Å²) in [6.45, 7) is 4.95. The average molecular weight is 451 g/mol. The molecule has 5 rings (SSSR count). The van der Waals surface area contributed by atoms with E-state index < -0.39 is 0 Å². The number of carbonyl (C=O) groups excluding carboxylic acids is 1. The molecule has 1 fully saturated rings. The van der Waals surface area contributed by atoms with Crippen molar-refractivity contribution in [3.63, 3.8) is 0 Å². The SMILES string of the molecule is CC1CCc2c(ccc3c2nc(CCn2cccn2)n3CC(=O)N2CCC(CO)CC2)N1C. The van der Waals surface area contributed by atoms with Gasteiger partial charge in [0.2, 0.25) is 5.91 Å². The summed E-state index contributed by atoms with van der Waals surface area (Å²) in [5.41, 5.74) is 4.63. The van der Waals surface area contributed by atoms with Crippen molar-refractivity contribution in [2.75, 3.05) is 31.6 Å². The van der Waals surface area contributed by atoms with Gasteiger partial charge in [0.15, 0.2) is 0 Å². The highest BCUT2D eigenvalue weighted by molar-refractivity contribution is 5.88. The van der Waals surface area contributed by atoms with Gasteiger partial charge in [-0.25, -0.2) is 4.98 Å². The molecule has 1 unspecified atom stereocenters. The average Bonchev–Trinajstić information content (AvgIpc) is 3.48. The Morgan fingerprint density at radius 1 is 1.21 bits per heavy atom. The summed E-state index contributed by atoms with van der Waals surface area (Å²) < 4.78 is 4.04. The molecule has 1 aromatic carbocycles.